The van der Waals surface area contributed by atoms with Crippen molar-refractivity contribution in [3.8, 4) is 0 Å². The van der Waals surface area contributed by atoms with Crippen molar-refractivity contribution in [2.45, 2.75) is 52.0 Å². The number of rotatable bonds is 6. The van der Waals surface area contributed by atoms with E-state index < -0.39 is 0 Å². The first-order chi connectivity index (χ1) is 12.2. The maximum absolute atomic E-state index is 12.6. The lowest BCUT2D eigenvalue weighted by Crippen LogP contribution is -2.36. The summed E-state index contributed by atoms with van der Waals surface area (Å²) in [4.78, 5) is 17.1. The van der Waals surface area contributed by atoms with Gasteiger partial charge in [-0.1, -0.05) is 6.92 Å². The number of furan rings is 1. The highest BCUT2D eigenvalue weighted by Gasteiger charge is 2.23. The lowest BCUT2D eigenvalue weighted by molar-refractivity contribution is -0.133. The molecule has 5 nitrogen and oxygen atoms in total. The molecule has 140 valence electrons. The molecule has 1 atom stereocenters. The van der Waals surface area contributed by atoms with Gasteiger partial charge in [-0.25, -0.2) is 0 Å². The molecule has 1 aromatic rings. The molecule has 0 aromatic carbocycles. The van der Waals surface area contributed by atoms with Crippen LogP contribution >= 0.6 is 0 Å². The van der Waals surface area contributed by atoms with Crippen LogP contribution in [0.25, 0.3) is 0 Å². The largest absolute Gasteiger partial charge is 0.465 e. The van der Waals surface area contributed by atoms with Gasteiger partial charge in [-0.3, -0.25) is 9.69 Å². The van der Waals surface area contributed by atoms with Crippen LogP contribution in [0.3, 0.4) is 0 Å². The minimum Gasteiger partial charge on any atom is -0.465 e. The van der Waals surface area contributed by atoms with Crippen molar-refractivity contribution in [2.75, 3.05) is 39.4 Å². The van der Waals surface area contributed by atoms with Crippen molar-refractivity contribution in [2.24, 2.45) is 5.92 Å². The fourth-order valence-electron chi connectivity index (χ4n) is 3.83. The van der Waals surface area contributed by atoms with E-state index in [0.717, 1.165) is 89.6 Å². The zero-order chi connectivity index (χ0) is 17.5. The predicted molar refractivity (Wildman–Crippen MR) is 97.3 cm³/mol. The van der Waals surface area contributed by atoms with E-state index in [4.69, 9.17) is 9.15 Å². The average molecular weight is 348 g/mol. The number of nitrogens with zero attached hydrogens (tertiary/aromatic N) is 2. The summed E-state index contributed by atoms with van der Waals surface area (Å²) in [7, 11) is 0. The van der Waals surface area contributed by atoms with Crippen molar-refractivity contribution >= 4 is 5.91 Å². The molecular formula is C20H32N2O3. The van der Waals surface area contributed by atoms with Gasteiger partial charge in [0.2, 0.25) is 5.91 Å². The number of amides is 1. The average Bonchev–Trinajstić information content (AvgIpc) is 2.91. The van der Waals surface area contributed by atoms with Gasteiger partial charge in [-0.05, 0) is 43.7 Å². The number of ether oxygens (including phenoxy) is 1. The minimum absolute atomic E-state index is 0.306. The van der Waals surface area contributed by atoms with Crippen LogP contribution in [0.4, 0.5) is 0 Å². The molecular weight excluding hydrogens is 316 g/mol. The summed E-state index contributed by atoms with van der Waals surface area (Å²) in [6.07, 6.45) is 6.03. The summed E-state index contributed by atoms with van der Waals surface area (Å²) in [6, 6.07) is 4.20. The van der Waals surface area contributed by atoms with Crippen LogP contribution in [0, 0.1) is 5.92 Å². The molecule has 0 aliphatic carbocycles. The van der Waals surface area contributed by atoms with Crippen LogP contribution in [0.15, 0.2) is 16.5 Å². The third-order valence-corrected chi connectivity index (χ3v) is 5.25. The second-order valence-corrected chi connectivity index (χ2v) is 7.42. The van der Waals surface area contributed by atoms with E-state index in [-0.39, 0.29) is 0 Å². The van der Waals surface area contributed by atoms with Crippen molar-refractivity contribution < 1.29 is 13.9 Å². The van der Waals surface area contributed by atoms with Gasteiger partial charge in [0.1, 0.15) is 11.5 Å². The van der Waals surface area contributed by atoms with E-state index in [1.54, 1.807) is 0 Å². The third-order valence-electron chi connectivity index (χ3n) is 5.25. The molecule has 2 fully saturated rings. The molecule has 5 heteroatoms. The van der Waals surface area contributed by atoms with E-state index >= 15 is 0 Å². The molecule has 25 heavy (non-hydrogen) atoms. The lowest BCUT2D eigenvalue weighted by Gasteiger charge is -2.26. The number of carbonyl (C=O) groups excluding carboxylic acids is 1. The third kappa shape index (κ3) is 5.58. The van der Waals surface area contributed by atoms with Crippen molar-refractivity contribution in [1.82, 2.24) is 9.80 Å². The van der Waals surface area contributed by atoms with Crippen molar-refractivity contribution in [3.63, 3.8) is 0 Å². The number of hydrogen-bond donors (Lipinski definition) is 0. The van der Waals surface area contributed by atoms with E-state index in [9.17, 15) is 4.79 Å². The topological polar surface area (TPSA) is 45.9 Å². The molecule has 2 aliphatic heterocycles. The first kappa shape index (κ1) is 18.5. The molecule has 0 radical (unpaired) electrons. The molecule has 1 unspecified atom stereocenters. The second-order valence-electron chi connectivity index (χ2n) is 7.42. The van der Waals surface area contributed by atoms with Crippen LogP contribution in [0.1, 0.15) is 50.5 Å². The molecule has 2 aliphatic rings. The van der Waals surface area contributed by atoms with Gasteiger partial charge in [0.05, 0.1) is 6.54 Å². The summed E-state index contributed by atoms with van der Waals surface area (Å²) >= 11 is 0. The zero-order valence-corrected chi connectivity index (χ0v) is 15.5. The molecule has 0 spiro atoms. The van der Waals surface area contributed by atoms with Crippen LogP contribution in [-0.2, 0) is 22.5 Å². The Bertz CT molecular complexity index is 537. The first-order valence-electron chi connectivity index (χ1n) is 9.90. The molecule has 0 saturated carbocycles. The Hall–Kier alpha value is -1.33. The van der Waals surface area contributed by atoms with Gasteiger partial charge in [0.25, 0.3) is 0 Å². The maximum Gasteiger partial charge on any atom is 0.222 e. The molecule has 3 rings (SSSR count). The highest BCUT2D eigenvalue weighted by Crippen LogP contribution is 2.19. The van der Waals surface area contributed by atoms with Crippen LogP contribution in [0.2, 0.25) is 0 Å². The molecule has 2 saturated heterocycles. The summed E-state index contributed by atoms with van der Waals surface area (Å²) in [5, 5.41) is 0. The lowest BCUT2D eigenvalue weighted by atomic mass is 9.98. The van der Waals surface area contributed by atoms with E-state index in [2.05, 4.69) is 28.9 Å². The quantitative estimate of drug-likeness (QED) is 0.792. The van der Waals surface area contributed by atoms with E-state index in [0.29, 0.717) is 18.2 Å². The van der Waals surface area contributed by atoms with Gasteiger partial charge < -0.3 is 14.1 Å². The van der Waals surface area contributed by atoms with Gasteiger partial charge in [0.15, 0.2) is 0 Å². The zero-order valence-electron chi connectivity index (χ0n) is 15.5. The highest BCUT2D eigenvalue weighted by molar-refractivity contribution is 5.76. The normalized spacial score (nSPS) is 22.8. The van der Waals surface area contributed by atoms with E-state index in [1.807, 2.05) is 0 Å². The van der Waals surface area contributed by atoms with Crippen LogP contribution < -0.4 is 0 Å². The fourth-order valence-corrected chi connectivity index (χ4v) is 3.83. The monoisotopic (exact) mass is 348 g/mol. The van der Waals surface area contributed by atoms with Gasteiger partial charge in [-0.2, -0.15) is 0 Å². The first-order valence-corrected chi connectivity index (χ1v) is 9.90. The van der Waals surface area contributed by atoms with Gasteiger partial charge >= 0.3 is 0 Å². The standard InChI is InChI=1S/C20H32N2O3/c1-2-5-18-7-8-19(25-18)15-21-9-4-10-22(12-11-21)20(23)14-17-6-3-13-24-16-17/h7-8,17H,2-6,9-16H2,1H3. The summed E-state index contributed by atoms with van der Waals surface area (Å²) < 4.78 is 11.4. The predicted octanol–water partition coefficient (Wildman–Crippen LogP) is 3.08. The van der Waals surface area contributed by atoms with Crippen molar-refractivity contribution in [1.29, 1.82) is 0 Å². The Labute approximate surface area is 151 Å². The van der Waals surface area contributed by atoms with Gasteiger partial charge in [0, 0.05) is 52.2 Å². The smallest absolute Gasteiger partial charge is 0.222 e. The molecule has 0 N–H and O–H groups in total. The minimum atomic E-state index is 0.306. The van der Waals surface area contributed by atoms with E-state index in [1.165, 1.54) is 0 Å². The number of hydrogen-bond acceptors (Lipinski definition) is 4. The van der Waals surface area contributed by atoms with Gasteiger partial charge in [-0.15, -0.1) is 0 Å². The second kappa shape index (κ2) is 9.39. The van der Waals surface area contributed by atoms with Crippen LogP contribution in [-0.4, -0.2) is 55.1 Å². The van der Waals surface area contributed by atoms with Crippen LogP contribution in [0.5, 0.6) is 0 Å². The molecule has 0 bridgehead atoms. The Morgan fingerprint density at radius 3 is 2.84 bits per heavy atom. The summed E-state index contributed by atoms with van der Waals surface area (Å²) in [6.45, 7) is 8.29. The maximum atomic E-state index is 12.6. The molecule has 1 amide bonds. The number of aryl methyl sites for hydroxylation is 1. The Balaban J connectivity index is 1.45. The van der Waals surface area contributed by atoms with Crippen molar-refractivity contribution in [3.05, 3.63) is 23.7 Å². The summed E-state index contributed by atoms with van der Waals surface area (Å²) in [5.41, 5.74) is 0. The fraction of sp³-hybridized carbons (Fsp3) is 0.750. The Morgan fingerprint density at radius 1 is 1.16 bits per heavy atom. The molecule has 3 heterocycles. The number of carbonyl (C=O) groups is 1. The Kier molecular flexibility index (Phi) is 6.93. The summed E-state index contributed by atoms with van der Waals surface area (Å²) in [5.74, 6) is 2.85. The molecule has 1 aromatic heterocycles. The highest BCUT2D eigenvalue weighted by atomic mass is 16.5. The SMILES string of the molecule is CCCc1ccc(CN2CCCN(C(=O)CC3CCCOC3)CC2)o1. The Morgan fingerprint density at radius 2 is 2.04 bits per heavy atom.